The molecule has 6 heteroatoms. The van der Waals surface area contributed by atoms with Gasteiger partial charge in [0, 0.05) is 10.9 Å². The molecule has 0 amide bonds. The van der Waals surface area contributed by atoms with Crippen molar-refractivity contribution in [3.63, 3.8) is 0 Å². The van der Waals surface area contributed by atoms with Crippen molar-refractivity contribution in [2.75, 3.05) is 25.9 Å². The van der Waals surface area contributed by atoms with E-state index >= 15 is 0 Å². The number of aromatic amines is 1. The molecule has 3 aromatic heterocycles. The minimum Gasteiger partial charge on any atom is -0.385 e. The maximum absolute atomic E-state index is 13.1. The number of benzene rings is 1. The van der Waals surface area contributed by atoms with E-state index in [0.29, 0.717) is 23.1 Å². The van der Waals surface area contributed by atoms with Crippen molar-refractivity contribution in [2.24, 2.45) is 0 Å². The summed E-state index contributed by atoms with van der Waals surface area (Å²) in [6, 6.07) is 15.1. The van der Waals surface area contributed by atoms with E-state index in [2.05, 4.69) is 21.9 Å². The van der Waals surface area contributed by atoms with Gasteiger partial charge in [0.25, 0.3) is 0 Å². The van der Waals surface area contributed by atoms with Crippen LogP contribution >= 0.6 is 0 Å². The number of anilines is 1. The number of nitrogens with two attached hydrogens (primary N) is 1. The lowest BCUT2D eigenvalue weighted by molar-refractivity contribution is 0.103. The Bertz CT molecular complexity index is 1220. The van der Waals surface area contributed by atoms with Gasteiger partial charge in [-0.05, 0) is 63.2 Å². The molecule has 0 unspecified atom stereocenters. The Kier molecular flexibility index (Phi) is 4.28. The molecule has 4 aromatic rings. The molecule has 3 N–H and O–H groups in total. The van der Waals surface area contributed by atoms with Gasteiger partial charge in [0.05, 0.1) is 16.6 Å². The minimum absolute atomic E-state index is 0.174. The van der Waals surface area contributed by atoms with Crippen molar-refractivity contribution in [1.82, 2.24) is 19.9 Å². The second-order valence-electron chi connectivity index (χ2n) is 7.84. The highest BCUT2D eigenvalue weighted by molar-refractivity contribution is 6.08. The van der Waals surface area contributed by atoms with E-state index in [1.807, 2.05) is 36.4 Å². The molecule has 1 saturated heterocycles. The Morgan fingerprint density at radius 2 is 1.76 bits per heavy atom. The zero-order valence-corrected chi connectivity index (χ0v) is 16.4. The lowest BCUT2D eigenvalue weighted by Crippen LogP contribution is -2.29. The standard InChI is InChI=1S/C23H23N5O/c1-28-12-10-15(11-13-28)20-21-17(27-23(20)24)8-9-19(26-21)22(29)18-7-6-14-4-2-3-5-16(14)25-18/h2-9,15,27H,10-13,24H2,1H3. The largest absolute Gasteiger partial charge is 0.385 e. The number of hydrogen-bond donors (Lipinski definition) is 2. The van der Waals surface area contributed by atoms with Crippen molar-refractivity contribution in [1.29, 1.82) is 0 Å². The summed E-state index contributed by atoms with van der Waals surface area (Å²) in [5.74, 6) is 0.846. The molecule has 6 nitrogen and oxygen atoms in total. The molecule has 29 heavy (non-hydrogen) atoms. The van der Waals surface area contributed by atoms with E-state index in [-0.39, 0.29) is 5.78 Å². The van der Waals surface area contributed by atoms with E-state index in [0.717, 1.165) is 53.4 Å². The van der Waals surface area contributed by atoms with Gasteiger partial charge in [-0.25, -0.2) is 9.97 Å². The van der Waals surface area contributed by atoms with Crippen LogP contribution in [0.4, 0.5) is 5.82 Å². The quantitative estimate of drug-likeness (QED) is 0.525. The van der Waals surface area contributed by atoms with Crippen molar-refractivity contribution < 1.29 is 4.79 Å². The van der Waals surface area contributed by atoms with Gasteiger partial charge in [-0.2, -0.15) is 0 Å². The van der Waals surface area contributed by atoms with Gasteiger partial charge in [0.2, 0.25) is 5.78 Å². The smallest absolute Gasteiger partial charge is 0.229 e. The summed E-state index contributed by atoms with van der Waals surface area (Å²) < 4.78 is 0. The third-order valence-corrected chi connectivity index (χ3v) is 5.90. The van der Waals surface area contributed by atoms with Crippen LogP contribution in [0.2, 0.25) is 0 Å². The van der Waals surface area contributed by atoms with Crippen molar-refractivity contribution in [3.8, 4) is 0 Å². The van der Waals surface area contributed by atoms with Gasteiger partial charge in [0.1, 0.15) is 17.2 Å². The van der Waals surface area contributed by atoms with Crippen LogP contribution in [0.15, 0.2) is 48.5 Å². The molecule has 0 spiro atoms. The van der Waals surface area contributed by atoms with E-state index in [1.165, 1.54) is 0 Å². The number of aromatic nitrogens is 3. The molecule has 0 bridgehead atoms. The molecule has 0 radical (unpaired) electrons. The monoisotopic (exact) mass is 385 g/mol. The van der Waals surface area contributed by atoms with E-state index in [9.17, 15) is 4.79 Å². The second kappa shape index (κ2) is 6.97. The molecule has 1 aliphatic heterocycles. The Balaban J connectivity index is 1.54. The van der Waals surface area contributed by atoms with Crippen LogP contribution in [0, 0.1) is 0 Å². The summed E-state index contributed by atoms with van der Waals surface area (Å²) in [5.41, 5.74) is 10.6. The van der Waals surface area contributed by atoms with Crippen molar-refractivity contribution in [3.05, 3.63) is 65.5 Å². The number of likely N-dealkylation sites (tertiary alicyclic amines) is 1. The third-order valence-electron chi connectivity index (χ3n) is 5.90. The van der Waals surface area contributed by atoms with Crippen LogP contribution in [0.25, 0.3) is 21.9 Å². The number of hydrogen-bond acceptors (Lipinski definition) is 5. The lowest BCUT2D eigenvalue weighted by Gasteiger charge is -2.28. The van der Waals surface area contributed by atoms with E-state index < -0.39 is 0 Å². The predicted molar refractivity (Wildman–Crippen MR) is 115 cm³/mol. The summed E-state index contributed by atoms with van der Waals surface area (Å²) in [4.78, 5) is 27.9. The number of rotatable bonds is 3. The number of piperidine rings is 1. The highest BCUT2D eigenvalue weighted by atomic mass is 16.1. The molecular formula is C23H23N5O. The topological polar surface area (TPSA) is 87.9 Å². The number of para-hydroxylation sites is 1. The molecule has 0 atom stereocenters. The first kappa shape index (κ1) is 17.8. The van der Waals surface area contributed by atoms with Crippen LogP contribution < -0.4 is 5.73 Å². The van der Waals surface area contributed by atoms with Crippen molar-refractivity contribution >= 4 is 33.5 Å². The van der Waals surface area contributed by atoms with Crippen LogP contribution in [-0.4, -0.2) is 45.8 Å². The zero-order valence-electron chi connectivity index (χ0n) is 16.4. The van der Waals surface area contributed by atoms with E-state index in [4.69, 9.17) is 10.7 Å². The van der Waals surface area contributed by atoms with Crippen LogP contribution in [0.5, 0.6) is 0 Å². The van der Waals surface area contributed by atoms with Crippen LogP contribution in [0.1, 0.15) is 40.5 Å². The molecule has 1 fully saturated rings. The fourth-order valence-electron chi connectivity index (χ4n) is 4.27. The van der Waals surface area contributed by atoms with Gasteiger partial charge in [-0.1, -0.05) is 24.3 Å². The summed E-state index contributed by atoms with van der Waals surface area (Å²) in [6.45, 7) is 2.08. The summed E-state index contributed by atoms with van der Waals surface area (Å²) in [5, 5.41) is 1.01. The maximum atomic E-state index is 13.1. The SMILES string of the molecule is CN1CCC(c2c(N)[nH]c3ccc(C(=O)c4ccc5ccccc5n4)nc23)CC1. The Hall–Kier alpha value is -3.25. The number of ketones is 1. The minimum atomic E-state index is -0.174. The molecule has 0 aliphatic carbocycles. The first-order valence-corrected chi connectivity index (χ1v) is 9.97. The number of nitrogen functional groups attached to an aromatic ring is 1. The summed E-state index contributed by atoms with van der Waals surface area (Å²) in [7, 11) is 2.14. The van der Waals surface area contributed by atoms with E-state index in [1.54, 1.807) is 12.1 Å². The molecule has 1 aromatic carbocycles. The van der Waals surface area contributed by atoms with Gasteiger partial charge < -0.3 is 15.6 Å². The number of carbonyl (C=O) groups is 1. The average molecular weight is 385 g/mol. The predicted octanol–water partition coefficient (Wildman–Crippen LogP) is 3.73. The maximum Gasteiger partial charge on any atom is 0.229 e. The second-order valence-corrected chi connectivity index (χ2v) is 7.84. The molecule has 1 aliphatic rings. The Morgan fingerprint density at radius 3 is 2.59 bits per heavy atom. The fraction of sp³-hybridized carbons (Fsp3) is 0.261. The third kappa shape index (κ3) is 3.15. The molecule has 0 saturated carbocycles. The Labute approximate surface area is 168 Å². The first-order valence-electron chi connectivity index (χ1n) is 9.97. The summed E-state index contributed by atoms with van der Waals surface area (Å²) >= 11 is 0. The summed E-state index contributed by atoms with van der Waals surface area (Å²) in [6.07, 6.45) is 2.08. The number of carbonyl (C=O) groups excluding carboxylic acids is 1. The normalized spacial score (nSPS) is 15.9. The molecule has 5 rings (SSSR count). The Morgan fingerprint density at radius 1 is 1.03 bits per heavy atom. The zero-order chi connectivity index (χ0) is 20.0. The molecular weight excluding hydrogens is 362 g/mol. The lowest BCUT2D eigenvalue weighted by atomic mass is 9.90. The highest BCUT2D eigenvalue weighted by Crippen LogP contribution is 2.36. The van der Waals surface area contributed by atoms with Gasteiger partial charge >= 0.3 is 0 Å². The van der Waals surface area contributed by atoms with Gasteiger partial charge in [-0.3, -0.25) is 4.79 Å². The molecule has 4 heterocycles. The highest BCUT2D eigenvalue weighted by Gasteiger charge is 2.25. The number of pyridine rings is 2. The average Bonchev–Trinajstić information content (AvgIpc) is 3.08. The van der Waals surface area contributed by atoms with Gasteiger partial charge in [-0.15, -0.1) is 0 Å². The van der Waals surface area contributed by atoms with Crippen molar-refractivity contribution in [2.45, 2.75) is 18.8 Å². The number of H-pyrrole nitrogens is 1. The van der Waals surface area contributed by atoms with Crippen LogP contribution in [0.3, 0.4) is 0 Å². The number of nitrogens with one attached hydrogen (secondary N) is 1. The number of fused-ring (bicyclic) bond motifs is 2. The fourth-order valence-corrected chi connectivity index (χ4v) is 4.27. The van der Waals surface area contributed by atoms with Gasteiger partial charge in [0.15, 0.2) is 0 Å². The van der Waals surface area contributed by atoms with Crippen LogP contribution in [-0.2, 0) is 0 Å². The molecule has 146 valence electrons. The number of nitrogens with zero attached hydrogens (tertiary/aromatic N) is 3. The first-order chi connectivity index (χ1) is 14.1.